The maximum atomic E-state index is 12.3. The molecule has 0 spiro atoms. The van der Waals surface area contributed by atoms with Crippen LogP contribution in [0.2, 0.25) is 0 Å². The molecular weight excluding hydrogens is 372 g/mol. The molecule has 0 saturated carbocycles. The van der Waals surface area contributed by atoms with Crippen LogP contribution < -0.4 is 10.1 Å². The number of methoxy groups -OCH3 is 1. The molecule has 2 aromatic heterocycles. The molecule has 0 aliphatic rings. The molecule has 24 heavy (non-hydrogen) atoms. The fraction of sp³-hybridized carbons (Fsp3) is 0.118. The monoisotopic (exact) mass is 386 g/mol. The number of nitrogens with zero attached hydrogens (tertiary/aromatic N) is 3. The first-order valence-electron chi connectivity index (χ1n) is 7.18. The van der Waals surface area contributed by atoms with E-state index in [0.717, 1.165) is 21.5 Å². The second-order valence-corrected chi connectivity index (χ2v) is 6.00. The van der Waals surface area contributed by atoms with Crippen LogP contribution in [-0.4, -0.2) is 27.8 Å². The number of nitrogens with one attached hydrogen (secondary N) is 1. The number of amides is 1. The molecule has 0 unspecified atom stereocenters. The fourth-order valence-electron chi connectivity index (χ4n) is 2.20. The second kappa shape index (κ2) is 6.84. The lowest BCUT2D eigenvalue weighted by atomic mass is 10.1. The van der Waals surface area contributed by atoms with Crippen LogP contribution in [0.15, 0.2) is 53.1 Å². The average Bonchev–Trinajstić information content (AvgIpc) is 2.96. The van der Waals surface area contributed by atoms with Crippen molar-refractivity contribution in [2.75, 3.05) is 12.4 Å². The molecule has 0 radical (unpaired) electrons. The van der Waals surface area contributed by atoms with Crippen LogP contribution in [0.4, 0.5) is 5.82 Å². The predicted octanol–water partition coefficient (Wildman–Crippen LogP) is 3.51. The van der Waals surface area contributed by atoms with E-state index in [4.69, 9.17) is 4.74 Å². The van der Waals surface area contributed by atoms with E-state index in [-0.39, 0.29) is 5.91 Å². The van der Waals surface area contributed by atoms with Gasteiger partial charge in [-0.3, -0.25) is 9.48 Å². The highest BCUT2D eigenvalue weighted by molar-refractivity contribution is 9.10. The number of halogens is 1. The Hall–Kier alpha value is -2.67. The number of hydrogen-bond donors (Lipinski definition) is 1. The van der Waals surface area contributed by atoms with Gasteiger partial charge >= 0.3 is 0 Å². The van der Waals surface area contributed by atoms with E-state index in [1.807, 2.05) is 30.3 Å². The number of aromatic nitrogens is 3. The van der Waals surface area contributed by atoms with Crippen molar-refractivity contribution < 1.29 is 9.53 Å². The largest absolute Gasteiger partial charge is 0.497 e. The van der Waals surface area contributed by atoms with Crippen molar-refractivity contribution in [3.05, 3.63) is 58.8 Å². The Bertz CT molecular complexity index is 875. The number of pyridine rings is 1. The standard InChI is InChI=1S/C17H15BrN4O2/c1-22-16(20-17(23)14-7-6-12(18)10-19-14)9-15(21-22)11-4-3-5-13(8-11)24-2/h3-10H,1-2H3,(H,20,23). The maximum Gasteiger partial charge on any atom is 0.275 e. The molecular formula is C17H15BrN4O2. The van der Waals surface area contributed by atoms with Crippen molar-refractivity contribution in [3.63, 3.8) is 0 Å². The van der Waals surface area contributed by atoms with E-state index in [1.54, 1.807) is 37.2 Å². The van der Waals surface area contributed by atoms with E-state index in [9.17, 15) is 4.79 Å². The van der Waals surface area contributed by atoms with Crippen LogP contribution in [0.25, 0.3) is 11.3 Å². The lowest BCUT2D eigenvalue weighted by Gasteiger charge is -2.04. The lowest BCUT2D eigenvalue weighted by molar-refractivity contribution is 0.102. The van der Waals surface area contributed by atoms with Gasteiger partial charge in [-0.05, 0) is 40.2 Å². The molecule has 3 rings (SSSR count). The smallest absolute Gasteiger partial charge is 0.275 e. The van der Waals surface area contributed by atoms with Gasteiger partial charge in [0, 0.05) is 29.3 Å². The zero-order valence-electron chi connectivity index (χ0n) is 13.2. The van der Waals surface area contributed by atoms with Gasteiger partial charge in [0.1, 0.15) is 17.3 Å². The van der Waals surface area contributed by atoms with Gasteiger partial charge in [0.25, 0.3) is 5.91 Å². The van der Waals surface area contributed by atoms with Gasteiger partial charge in [0.15, 0.2) is 0 Å². The average molecular weight is 387 g/mol. The highest BCUT2D eigenvalue weighted by Crippen LogP contribution is 2.25. The van der Waals surface area contributed by atoms with Gasteiger partial charge in [-0.1, -0.05) is 12.1 Å². The van der Waals surface area contributed by atoms with Crippen LogP contribution in [0.1, 0.15) is 10.5 Å². The van der Waals surface area contributed by atoms with Crippen LogP contribution in [0, 0.1) is 0 Å². The fourth-order valence-corrected chi connectivity index (χ4v) is 2.43. The normalized spacial score (nSPS) is 10.5. The highest BCUT2D eigenvalue weighted by atomic mass is 79.9. The molecule has 7 heteroatoms. The molecule has 3 aromatic rings. The van der Waals surface area contributed by atoms with Gasteiger partial charge in [-0.25, -0.2) is 4.98 Å². The minimum Gasteiger partial charge on any atom is -0.497 e. The minimum atomic E-state index is -0.289. The number of aryl methyl sites for hydroxylation is 1. The first-order chi connectivity index (χ1) is 11.6. The van der Waals surface area contributed by atoms with Crippen molar-refractivity contribution >= 4 is 27.7 Å². The maximum absolute atomic E-state index is 12.3. The quantitative estimate of drug-likeness (QED) is 0.744. The Morgan fingerprint density at radius 3 is 2.79 bits per heavy atom. The van der Waals surface area contributed by atoms with E-state index in [1.165, 1.54) is 0 Å². The SMILES string of the molecule is COc1cccc(-c2cc(NC(=O)c3ccc(Br)cn3)n(C)n2)c1. The Kier molecular flexibility index (Phi) is 4.61. The number of anilines is 1. The Balaban J connectivity index is 1.83. The van der Waals surface area contributed by atoms with E-state index >= 15 is 0 Å². The summed E-state index contributed by atoms with van der Waals surface area (Å²) < 4.78 is 7.66. The summed E-state index contributed by atoms with van der Waals surface area (Å²) in [7, 11) is 3.39. The van der Waals surface area contributed by atoms with Crippen molar-refractivity contribution in [1.82, 2.24) is 14.8 Å². The molecule has 0 aliphatic carbocycles. The summed E-state index contributed by atoms with van der Waals surface area (Å²) >= 11 is 3.30. The molecule has 1 amide bonds. The third-order valence-electron chi connectivity index (χ3n) is 3.45. The Labute approximate surface area is 147 Å². The molecule has 122 valence electrons. The van der Waals surface area contributed by atoms with Crippen LogP contribution >= 0.6 is 15.9 Å². The summed E-state index contributed by atoms with van der Waals surface area (Å²) in [4.78, 5) is 16.4. The van der Waals surface area contributed by atoms with Gasteiger partial charge in [-0.15, -0.1) is 0 Å². The Morgan fingerprint density at radius 2 is 2.08 bits per heavy atom. The van der Waals surface area contributed by atoms with Gasteiger partial charge in [-0.2, -0.15) is 5.10 Å². The zero-order chi connectivity index (χ0) is 17.1. The van der Waals surface area contributed by atoms with Gasteiger partial charge in [0.05, 0.1) is 12.8 Å². The molecule has 0 aliphatic heterocycles. The lowest BCUT2D eigenvalue weighted by Crippen LogP contribution is -2.15. The summed E-state index contributed by atoms with van der Waals surface area (Å²) in [6, 6.07) is 12.8. The first-order valence-corrected chi connectivity index (χ1v) is 7.97. The van der Waals surface area contributed by atoms with E-state index in [2.05, 4.69) is 31.3 Å². The highest BCUT2D eigenvalue weighted by Gasteiger charge is 2.13. The van der Waals surface area contributed by atoms with Gasteiger partial charge in [0.2, 0.25) is 0 Å². The molecule has 0 atom stereocenters. The van der Waals surface area contributed by atoms with Crippen LogP contribution in [0.5, 0.6) is 5.75 Å². The molecule has 2 heterocycles. The van der Waals surface area contributed by atoms with Crippen LogP contribution in [0.3, 0.4) is 0 Å². The number of ether oxygens (including phenoxy) is 1. The van der Waals surface area contributed by atoms with E-state index < -0.39 is 0 Å². The first kappa shape index (κ1) is 16.2. The van der Waals surface area contributed by atoms with Crippen LogP contribution in [-0.2, 0) is 7.05 Å². The minimum absolute atomic E-state index is 0.289. The third kappa shape index (κ3) is 3.46. The van der Waals surface area contributed by atoms with Crippen molar-refractivity contribution in [2.45, 2.75) is 0 Å². The Morgan fingerprint density at radius 1 is 1.25 bits per heavy atom. The molecule has 0 saturated heterocycles. The molecule has 0 fully saturated rings. The van der Waals surface area contributed by atoms with Crippen molar-refractivity contribution in [1.29, 1.82) is 0 Å². The summed E-state index contributed by atoms with van der Waals surface area (Å²) in [5.74, 6) is 1.05. The number of carbonyl (C=O) groups is 1. The van der Waals surface area contributed by atoms with Crippen molar-refractivity contribution in [3.8, 4) is 17.0 Å². The van der Waals surface area contributed by atoms with Gasteiger partial charge < -0.3 is 10.1 Å². The molecule has 1 N–H and O–H groups in total. The summed E-state index contributed by atoms with van der Waals surface area (Å²) in [5, 5.41) is 7.25. The summed E-state index contributed by atoms with van der Waals surface area (Å²) in [5.41, 5.74) is 1.99. The topological polar surface area (TPSA) is 69.0 Å². The number of benzene rings is 1. The molecule has 0 bridgehead atoms. The number of carbonyl (C=O) groups excluding carboxylic acids is 1. The number of hydrogen-bond acceptors (Lipinski definition) is 4. The zero-order valence-corrected chi connectivity index (χ0v) is 14.7. The predicted molar refractivity (Wildman–Crippen MR) is 95.1 cm³/mol. The molecule has 6 nitrogen and oxygen atoms in total. The summed E-state index contributed by atoms with van der Waals surface area (Å²) in [6.07, 6.45) is 1.58. The molecule has 1 aromatic carbocycles. The second-order valence-electron chi connectivity index (χ2n) is 5.09. The third-order valence-corrected chi connectivity index (χ3v) is 3.92. The number of rotatable bonds is 4. The van der Waals surface area contributed by atoms with E-state index in [0.29, 0.717) is 11.5 Å². The summed E-state index contributed by atoms with van der Waals surface area (Å²) in [6.45, 7) is 0. The van der Waals surface area contributed by atoms with Crippen molar-refractivity contribution in [2.24, 2.45) is 7.05 Å².